The van der Waals surface area contributed by atoms with Gasteiger partial charge >= 0.3 is 0 Å². The van der Waals surface area contributed by atoms with Crippen molar-refractivity contribution in [2.45, 2.75) is 57.5 Å². The molecule has 1 heterocycles. The fourth-order valence-corrected chi connectivity index (χ4v) is 4.62. The molecule has 0 spiro atoms. The normalized spacial score (nSPS) is 14.9. The van der Waals surface area contributed by atoms with Gasteiger partial charge in [0.25, 0.3) is 0 Å². The number of para-hydroxylation sites is 1. The predicted octanol–water partition coefficient (Wildman–Crippen LogP) is 5.09. The maximum absolute atomic E-state index is 12.8. The monoisotopic (exact) mass is 420 g/mol. The first-order chi connectivity index (χ1) is 15.2. The zero-order valence-corrected chi connectivity index (χ0v) is 18.5. The number of hydrogen-bond donors (Lipinski definition) is 1. The number of nitrogens with zero attached hydrogens (tertiary/aromatic N) is 1. The molecule has 31 heavy (non-hydrogen) atoms. The average Bonchev–Trinajstić information content (AvgIpc) is 2.94. The summed E-state index contributed by atoms with van der Waals surface area (Å²) in [6, 6.07) is 14.5. The number of carbonyl (C=O) groups is 1. The number of carbonyl (C=O) groups excluding carboxylic acids is 1. The van der Waals surface area contributed by atoms with Gasteiger partial charge in [0.2, 0.25) is 5.91 Å². The molecule has 3 aromatic rings. The Morgan fingerprint density at radius 2 is 1.68 bits per heavy atom. The molecule has 1 N–H and O–H groups in total. The number of amides is 1. The Bertz CT molecular complexity index is 1010. The number of benzene rings is 2. The highest BCUT2D eigenvalue weighted by Gasteiger charge is 2.17. The molecule has 164 valence electrons. The molecule has 1 aliphatic carbocycles. The minimum Gasteiger partial charge on any atom is -0.497 e. The Labute approximate surface area is 184 Å². The first-order valence-electron chi connectivity index (χ1n) is 11.2. The van der Waals surface area contributed by atoms with Crippen LogP contribution in [0.4, 0.5) is 0 Å². The van der Waals surface area contributed by atoms with E-state index in [9.17, 15) is 4.79 Å². The van der Waals surface area contributed by atoms with Crippen LogP contribution in [0.5, 0.6) is 11.5 Å². The second-order valence-electron chi connectivity index (χ2n) is 8.45. The van der Waals surface area contributed by atoms with Crippen LogP contribution in [0.3, 0.4) is 0 Å². The zero-order chi connectivity index (χ0) is 21.6. The molecule has 0 radical (unpaired) electrons. The van der Waals surface area contributed by atoms with Gasteiger partial charge in [0, 0.05) is 35.8 Å². The van der Waals surface area contributed by atoms with Gasteiger partial charge in [-0.15, -0.1) is 0 Å². The van der Waals surface area contributed by atoms with Crippen LogP contribution in [0, 0.1) is 0 Å². The molecule has 0 saturated heterocycles. The lowest BCUT2D eigenvalue weighted by Crippen LogP contribution is -2.35. The summed E-state index contributed by atoms with van der Waals surface area (Å²) >= 11 is 0. The predicted molar refractivity (Wildman–Crippen MR) is 124 cm³/mol. The summed E-state index contributed by atoms with van der Waals surface area (Å²) in [6.45, 7) is 0.679. The van der Waals surface area contributed by atoms with Crippen molar-refractivity contribution >= 4 is 16.8 Å². The maximum Gasteiger partial charge on any atom is 0.224 e. The highest BCUT2D eigenvalue weighted by Crippen LogP contribution is 2.27. The number of nitrogens with one attached hydrogen (secondary N) is 1. The van der Waals surface area contributed by atoms with Crippen molar-refractivity contribution in [1.82, 2.24) is 9.88 Å². The molecule has 0 bridgehead atoms. The van der Waals surface area contributed by atoms with Crippen molar-refractivity contribution in [3.05, 3.63) is 59.8 Å². The van der Waals surface area contributed by atoms with Gasteiger partial charge in [-0.3, -0.25) is 4.79 Å². The summed E-state index contributed by atoms with van der Waals surface area (Å²) in [5, 5.41) is 4.41. The summed E-state index contributed by atoms with van der Waals surface area (Å²) in [6.07, 6.45) is 9.73. The molecule has 5 nitrogen and oxygen atoms in total. The second-order valence-corrected chi connectivity index (χ2v) is 8.45. The largest absolute Gasteiger partial charge is 0.497 e. The third-order valence-corrected chi connectivity index (χ3v) is 6.21. The van der Waals surface area contributed by atoms with E-state index in [2.05, 4.69) is 28.2 Å². The SMILES string of the molecule is COc1cc(Cn2cc(CC(=O)NC3CCCCCC3)c3ccccc32)cc(OC)c1. The van der Waals surface area contributed by atoms with Crippen molar-refractivity contribution in [3.8, 4) is 11.5 Å². The molecule has 1 aromatic heterocycles. The van der Waals surface area contributed by atoms with Crippen molar-refractivity contribution in [1.29, 1.82) is 0 Å². The molecule has 1 saturated carbocycles. The molecule has 1 fully saturated rings. The van der Waals surface area contributed by atoms with Gasteiger partial charge in [-0.2, -0.15) is 0 Å². The van der Waals surface area contributed by atoms with Gasteiger partial charge in [0.05, 0.1) is 20.6 Å². The molecular formula is C26H32N2O3. The van der Waals surface area contributed by atoms with E-state index in [1.54, 1.807) is 14.2 Å². The molecule has 0 aliphatic heterocycles. The number of ether oxygens (including phenoxy) is 2. The third-order valence-electron chi connectivity index (χ3n) is 6.21. The maximum atomic E-state index is 12.8. The van der Waals surface area contributed by atoms with E-state index in [1.165, 1.54) is 25.7 Å². The summed E-state index contributed by atoms with van der Waals surface area (Å²) in [5.74, 6) is 1.67. The Hall–Kier alpha value is -2.95. The Morgan fingerprint density at radius 1 is 1.00 bits per heavy atom. The molecule has 2 aromatic carbocycles. The Kier molecular flexibility index (Phi) is 6.80. The molecule has 5 heteroatoms. The lowest BCUT2D eigenvalue weighted by Gasteiger charge is -2.16. The summed E-state index contributed by atoms with van der Waals surface area (Å²) < 4.78 is 13.0. The third kappa shape index (κ3) is 5.22. The first-order valence-corrected chi connectivity index (χ1v) is 11.2. The van der Waals surface area contributed by atoms with Gasteiger partial charge in [-0.25, -0.2) is 0 Å². The van der Waals surface area contributed by atoms with E-state index in [-0.39, 0.29) is 5.91 Å². The van der Waals surface area contributed by atoms with Crippen LogP contribution in [0.25, 0.3) is 10.9 Å². The summed E-state index contributed by atoms with van der Waals surface area (Å²) in [4.78, 5) is 12.8. The lowest BCUT2D eigenvalue weighted by molar-refractivity contribution is -0.121. The van der Waals surface area contributed by atoms with E-state index in [1.807, 2.05) is 30.3 Å². The summed E-state index contributed by atoms with van der Waals surface area (Å²) in [7, 11) is 3.32. The fourth-order valence-electron chi connectivity index (χ4n) is 4.62. The molecular weight excluding hydrogens is 388 g/mol. The highest BCUT2D eigenvalue weighted by atomic mass is 16.5. The van der Waals surface area contributed by atoms with Crippen molar-refractivity contribution < 1.29 is 14.3 Å². The van der Waals surface area contributed by atoms with Crippen LogP contribution >= 0.6 is 0 Å². The number of aromatic nitrogens is 1. The van der Waals surface area contributed by atoms with Crippen molar-refractivity contribution in [2.75, 3.05) is 14.2 Å². The summed E-state index contributed by atoms with van der Waals surface area (Å²) in [5.41, 5.74) is 3.28. The average molecular weight is 421 g/mol. The number of rotatable bonds is 7. The lowest BCUT2D eigenvalue weighted by atomic mass is 10.1. The Morgan fingerprint density at radius 3 is 2.35 bits per heavy atom. The van der Waals surface area contributed by atoms with Crippen molar-refractivity contribution in [3.63, 3.8) is 0 Å². The quantitative estimate of drug-likeness (QED) is 0.542. The minimum atomic E-state index is 0.123. The topological polar surface area (TPSA) is 52.5 Å². The van der Waals surface area contributed by atoms with E-state index < -0.39 is 0 Å². The van der Waals surface area contributed by atoms with E-state index >= 15 is 0 Å². The highest BCUT2D eigenvalue weighted by molar-refractivity contribution is 5.89. The molecule has 4 rings (SSSR count). The number of fused-ring (bicyclic) bond motifs is 1. The number of hydrogen-bond acceptors (Lipinski definition) is 3. The van der Waals surface area contributed by atoms with Crippen LogP contribution in [-0.2, 0) is 17.8 Å². The Balaban J connectivity index is 1.55. The molecule has 0 atom stereocenters. The van der Waals surface area contributed by atoms with Crippen LogP contribution < -0.4 is 14.8 Å². The van der Waals surface area contributed by atoms with Gasteiger partial charge in [-0.1, -0.05) is 43.9 Å². The van der Waals surface area contributed by atoms with Gasteiger partial charge < -0.3 is 19.4 Å². The second kappa shape index (κ2) is 9.90. The smallest absolute Gasteiger partial charge is 0.224 e. The van der Waals surface area contributed by atoms with Crippen LogP contribution in [0.15, 0.2) is 48.7 Å². The van der Waals surface area contributed by atoms with Gasteiger partial charge in [-0.05, 0) is 42.2 Å². The van der Waals surface area contributed by atoms with Crippen LogP contribution in [-0.4, -0.2) is 30.7 Å². The minimum absolute atomic E-state index is 0.123. The van der Waals surface area contributed by atoms with E-state index in [0.717, 1.165) is 46.4 Å². The van der Waals surface area contributed by atoms with Crippen LogP contribution in [0.2, 0.25) is 0 Å². The van der Waals surface area contributed by atoms with Gasteiger partial charge in [0.1, 0.15) is 11.5 Å². The first kappa shape index (κ1) is 21.3. The van der Waals surface area contributed by atoms with Crippen molar-refractivity contribution in [2.24, 2.45) is 0 Å². The number of methoxy groups -OCH3 is 2. The van der Waals surface area contributed by atoms with E-state index in [4.69, 9.17) is 9.47 Å². The van der Waals surface area contributed by atoms with Crippen LogP contribution in [0.1, 0.15) is 49.7 Å². The standard InChI is InChI=1S/C26H32N2O3/c1-30-22-13-19(14-23(16-22)31-2)17-28-18-20(24-11-7-8-12-25(24)28)15-26(29)27-21-9-5-3-4-6-10-21/h7-8,11-14,16,18,21H,3-6,9-10,15,17H2,1-2H3,(H,27,29). The van der Waals surface area contributed by atoms with Gasteiger partial charge in [0.15, 0.2) is 0 Å². The zero-order valence-electron chi connectivity index (χ0n) is 18.5. The molecule has 1 amide bonds. The molecule has 1 aliphatic rings. The molecule has 0 unspecified atom stereocenters. The van der Waals surface area contributed by atoms with E-state index in [0.29, 0.717) is 19.0 Å². The fraction of sp³-hybridized carbons (Fsp3) is 0.423.